The van der Waals surface area contributed by atoms with Crippen LogP contribution in [-0.4, -0.2) is 30.4 Å². The molecule has 1 aromatic carbocycles. The van der Waals surface area contributed by atoms with Gasteiger partial charge in [-0.3, -0.25) is 4.68 Å². The van der Waals surface area contributed by atoms with Gasteiger partial charge in [0.15, 0.2) is 0 Å². The number of hydrogen-bond acceptors (Lipinski definition) is 5. The number of fused-ring (bicyclic) bond motifs is 1. The fourth-order valence-corrected chi connectivity index (χ4v) is 3.99. The zero-order chi connectivity index (χ0) is 19.0. The SMILES string of the molecule is CCn1ncc(Br)c1C=C1Sc2nnc(C(F)F)n2N=C1c1ccccc1. The van der Waals surface area contributed by atoms with Gasteiger partial charge in [-0.2, -0.15) is 14.9 Å². The first-order valence-electron chi connectivity index (χ1n) is 8.07. The fourth-order valence-electron chi connectivity index (χ4n) is 2.65. The zero-order valence-corrected chi connectivity index (χ0v) is 16.5. The van der Waals surface area contributed by atoms with Crippen molar-refractivity contribution >= 4 is 39.5 Å². The molecule has 0 unspecified atom stereocenters. The molecule has 0 bridgehead atoms. The van der Waals surface area contributed by atoms with Crippen LogP contribution in [0.1, 0.15) is 30.4 Å². The molecule has 0 aliphatic carbocycles. The van der Waals surface area contributed by atoms with Gasteiger partial charge in [-0.15, -0.1) is 10.2 Å². The Kier molecular flexibility index (Phi) is 4.92. The standard InChI is InChI=1S/C17H13BrF2N6S/c1-2-25-12(11(18)9-21-25)8-13-14(10-6-4-3-5-7-10)24-26-16(15(19)20)22-23-17(26)27-13/h3-9,15H,2H2,1H3. The maximum absolute atomic E-state index is 13.2. The Morgan fingerprint density at radius 3 is 2.70 bits per heavy atom. The van der Waals surface area contributed by atoms with Gasteiger partial charge in [0.2, 0.25) is 11.0 Å². The third-order valence-corrected chi connectivity index (χ3v) is 5.49. The van der Waals surface area contributed by atoms with Gasteiger partial charge < -0.3 is 0 Å². The quantitative estimate of drug-likeness (QED) is 0.582. The fraction of sp³-hybridized carbons (Fsp3) is 0.176. The number of nitrogens with zero attached hydrogens (tertiary/aromatic N) is 6. The van der Waals surface area contributed by atoms with Gasteiger partial charge in [-0.1, -0.05) is 30.3 Å². The van der Waals surface area contributed by atoms with Crippen LogP contribution in [0, 0.1) is 0 Å². The van der Waals surface area contributed by atoms with Crippen molar-refractivity contribution in [2.24, 2.45) is 5.10 Å². The number of thioether (sulfide) groups is 1. The number of aryl methyl sites for hydroxylation is 1. The lowest BCUT2D eigenvalue weighted by molar-refractivity contribution is 0.135. The first kappa shape index (κ1) is 18.1. The van der Waals surface area contributed by atoms with Crippen LogP contribution >= 0.6 is 27.7 Å². The van der Waals surface area contributed by atoms with Gasteiger partial charge in [-0.05, 0) is 40.7 Å². The molecular weight excluding hydrogens is 438 g/mol. The van der Waals surface area contributed by atoms with Crippen molar-refractivity contribution < 1.29 is 8.78 Å². The van der Waals surface area contributed by atoms with Gasteiger partial charge in [0.25, 0.3) is 6.43 Å². The molecule has 1 aliphatic rings. The van der Waals surface area contributed by atoms with Crippen molar-refractivity contribution in [1.82, 2.24) is 24.7 Å². The van der Waals surface area contributed by atoms with E-state index < -0.39 is 12.2 Å². The van der Waals surface area contributed by atoms with Crippen molar-refractivity contribution in [3.63, 3.8) is 0 Å². The molecule has 0 radical (unpaired) electrons. The smallest absolute Gasteiger partial charge is 0.265 e. The van der Waals surface area contributed by atoms with Crippen LogP contribution in [0.4, 0.5) is 8.78 Å². The normalized spacial score (nSPS) is 15.3. The number of aromatic nitrogens is 5. The molecule has 2 aromatic heterocycles. The second-order valence-corrected chi connectivity index (χ2v) is 7.44. The summed E-state index contributed by atoms with van der Waals surface area (Å²) in [5, 5.41) is 16.5. The first-order valence-corrected chi connectivity index (χ1v) is 9.68. The van der Waals surface area contributed by atoms with Gasteiger partial charge in [0.1, 0.15) is 5.71 Å². The van der Waals surface area contributed by atoms with Crippen molar-refractivity contribution in [2.45, 2.75) is 25.1 Å². The van der Waals surface area contributed by atoms with E-state index in [1.54, 1.807) is 6.20 Å². The van der Waals surface area contributed by atoms with Crippen molar-refractivity contribution in [1.29, 1.82) is 0 Å². The van der Waals surface area contributed by atoms with E-state index >= 15 is 0 Å². The molecule has 0 fully saturated rings. The Labute approximate surface area is 166 Å². The van der Waals surface area contributed by atoms with E-state index in [0.29, 0.717) is 17.4 Å². The van der Waals surface area contributed by atoms with E-state index in [1.165, 1.54) is 11.8 Å². The summed E-state index contributed by atoms with van der Waals surface area (Å²) in [6.07, 6.45) is 0.895. The van der Waals surface area contributed by atoms with Crippen LogP contribution in [0.15, 0.2) is 56.2 Å². The predicted octanol–water partition coefficient (Wildman–Crippen LogP) is 4.59. The molecule has 0 saturated carbocycles. The number of hydrogen-bond donors (Lipinski definition) is 0. The lowest BCUT2D eigenvalue weighted by Gasteiger charge is -2.17. The van der Waals surface area contributed by atoms with E-state index in [2.05, 4.69) is 36.3 Å². The lowest BCUT2D eigenvalue weighted by atomic mass is 10.1. The van der Waals surface area contributed by atoms with E-state index in [4.69, 9.17) is 0 Å². The van der Waals surface area contributed by atoms with E-state index in [1.807, 2.05) is 48.0 Å². The molecule has 4 rings (SSSR count). The van der Waals surface area contributed by atoms with Gasteiger partial charge in [-0.25, -0.2) is 8.78 Å². The first-order chi connectivity index (χ1) is 13.1. The van der Waals surface area contributed by atoms with Crippen LogP contribution < -0.4 is 0 Å². The Balaban J connectivity index is 1.89. The molecule has 0 N–H and O–H groups in total. The summed E-state index contributed by atoms with van der Waals surface area (Å²) in [6, 6.07) is 9.42. The van der Waals surface area contributed by atoms with Gasteiger partial charge in [0, 0.05) is 17.0 Å². The summed E-state index contributed by atoms with van der Waals surface area (Å²) in [4.78, 5) is 0.776. The number of rotatable bonds is 4. The predicted molar refractivity (Wildman–Crippen MR) is 103 cm³/mol. The van der Waals surface area contributed by atoms with E-state index in [0.717, 1.165) is 25.3 Å². The maximum atomic E-state index is 13.2. The van der Waals surface area contributed by atoms with Crippen LogP contribution in [-0.2, 0) is 6.54 Å². The molecule has 1 aliphatic heterocycles. The topological polar surface area (TPSA) is 60.9 Å². The van der Waals surface area contributed by atoms with Crippen LogP contribution in [0.25, 0.3) is 6.08 Å². The molecule has 0 spiro atoms. The van der Waals surface area contributed by atoms with Crippen LogP contribution in [0.3, 0.4) is 0 Å². The molecule has 0 saturated heterocycles. The minimum absolute atomic E-state index is 0.301. The summed E-state index contributed by atoms with van der Waals surface area (Å²) in [6.45, 7) is 2.69. The molecule has 3 aromatic rings. The monoisotopic (exact) mass is 450 g/mol. The largest absolute Gasteiger partial charge is 0.299 e. The highest BCUT2D eigenvalue weighted by Crippen LogP contribution is 2.37. The Morgan fingerprint density at radius 2 is 2.00 bits per heavy atom. The number of halogens is 3. The highest BCUT2D eigenvalue weighted by atomic mass is 79.9. The number of benzene rings is 1. The van der Waals surface area contributed by atoms with E-state index in [-0.39, 0.29) is 0 Å². The molecule has 3 heterocycles. The average molecular weight is 451 g/mol. The highest BCUT2D eigenvalue weighted by Gasteiger charge is 2.28. The molecule has 10 heteroatoms. The van der Waals surface area contributed by atoms with Crippen molar-refractivity contribution in [3.05, 3.63) is 63.0 Å². The van der Waals surface area contributed by atoms with E-state index in [9.17, 15) is 8.78 Å². The zero-order valence-electron chi connectivity index (χ0n) is 14.1. The van der Waals surface area contributed by atoms with Crippen molar-refractivity contribution in [2.75, 3.05) is 0 Å². The minimum Gasteiger partial charge on any atom is -0.265 e. The average Bonchev–Trinajstić information content (AvgIpc) is 3.25. The Bertz CT molecular complexity index is 1040. The molecular formula is C17H13BrF2N6S. The minimum atomic E-state index is -2.76. The molecule has 6 nitrogen and oxygen atoms in total. The highest BCUT2D eigenvalue weighted by molar-refractivity contribution is 9.10. The third-order valence-electron chi connectivity index (χ3n) is 3.91. The van der Waals surface area contributed by atoms with Crippen LogP contribution in [0.2, 0.25) is 0 Å². The second-order valence-electron chi connectivity index (χ2n) is 5.57. The molecule has 27 heavy (non-hydrogen) atoms. The number of allylic oxidation sites excluding steroid dienone is 1. The number of alkyl halides is 2. The summed E-state index contributed by atoms with van der Waals surface area (Å²) >= 11 is 4.76. The maximum Gasteiger partial charge on any atom is 0.299 e. The molecule has 138 valence electrons. The Hall–Kier alpha value is -2.33. The summed E-state index contributed by atoms with van der Waals surface area (Å²) in [5.41, 5.74) is 2.26. The molecule has 0 atom stereocenters. The second kappa shape index (κ2) is 7.35. The summed E-state index contributed by atoms with van der Waals surface area (Å²) in [7, 11) is 0. The summed E-state index contributed by atoms with van der Waals surface area (Å²) < 4.78 is 30.3. The Morgan fingerprint density at radius 1 is 1.22 bits per heavy atom. The third kappa shape index (κ3) is 3.34. The van der Waals surface area contributed by atoms with Crippen molar-refractivity contribution in [3.8, 4) is 0 Å². The summed E-state index contributed by atoms with van der Waals surface area (Å²) in [5.74, 6) is -0.468. The van der Waals surface area contributed by atoms with Gasteiger partial charge >= 0.3 is 0 Å². The van der Waals surface area contributed by atoms with Gasteiger partial charge in [0.05, 0.1) is 16.4 Å². The van der Waals surface area contributed by atoms with Crippen LogP contribution in [0.5, 0.6) is 0 Å². The lowest BCUT2D eigenvalue weighted by Crippen LogP contribution is -2.14. The molecule has 0 amide bonds.